The lowest BCUT2D eigenvalue weighted by atomic mass is 10.2. The van der Waals surface area contributed by atoms with Crippen LogP contribution in [0.25, 0.3) is 0 Å². The summed E-state index contributed by atoms with van der Waals surface area (Å²) >= 11 is 1.70. The highest BCUT2D eigenvalue weighted by atomic mass is 32.1. The number of rotatable bonds is 4. The molecular formula is C15H21N5S. The van der Waals surface area contributed by atoms with E-state index in [2.05, 4.69) is 33.8 Å². The van der Waals surface area contributed by atoms with Crippen LogP contribution in [0.4, 0.5) is 10.9 Å². The fourth-order valence-corrected chi connectivity index (χ4v) is 3.29. The quantitative estimate of drug-likeness (QED) is 0.934. The third-order valence-corrected chi connectivity index (χ3v) is 4.65. The molecule has 0 atom stereocenters. The number of pyridine rings is 1. The SMILES string of the molecule is CCc1cc(CN)cc(N2CCN(c3nccs3)CC2)n1. The smallest absolute Gasteiger partial charge is 0.185 e. The lowest BCUT2D eigenvalue weighted by Crippen LogP contribution is -2.46. The molecule has 1 fully saturated rings. The van der Waals surface area contributed by atoms with Crippen molar-refractivity contribution in [3.05, 3.63) is 35.0 Å². The molecule has 2 aromatic heterocycles. The maximum Gasteiger partial charge on any atom is 0.185 e. The van der Waals surface area contributed by atoms with E-state index < -0.39 is 0 Å². The van der Waals surface area contributed by atoms with Gasteiger partial charge in [-0.2, -0.15) is 0 Å². The first kappa shape index (κ1) is 14.3. The Bertz CT molecular complexity index is 554. The summed E-state index contributed by atoms with van der Waals surface area (Å²) in [4.78, 5) is 13.8. The predicted octanol–water partition coefficient (Wildman–Crippen LogP) is 1.89. The average molecular weight is 303 g/mol. The highest BCUT2D eigenvalue weighted by Crippen LogP contribution is 2.22. The number of nitrogens with zero attached hydrogens (tertiary/aromatic N) is 4. The normalized spacial score (nSPS) is 15.5. The van der Waals surface area contributed by atoms with E-state index in [1.54, 1.807) is 11.3 Å². The lowest BCUT2D eigenvalue weighted by molar-refractivity contribution is 0.644. The molecule has 1 aliphatic rings. The minimum Gasteiger partial charge on any atom is -0.353 e. The van der Waals surface area contributed by atoms with Gasteiger partial charge in [0.15, 0.2) is 5.13 Å². The van der Waals surface area contributed by atoms with Gasteiger partial charge < -0.3 is 15.5 Å². The van der Waals surface area contributed by atoms with Gasteiger partial charge in [-0.05, 0) is 24.1 Å². The molecular weight excluding hydrogens is 282 g/mol. The number of aromatic nitrogens is 2. The Hall–Kier alpha value is -1.66. The van der Waals surface area contributed by atoms with E-state index in [4.69, 9.17) is 10.7 Å². The zero-order valence-electron chi connectivity index (χ0n) is 12.3. The van der Waals surface area contributed by atoms with Crippen molar-refractivity contribution in [2.45, 2.75) is 19.9 Å². The minimum absolute atomic E-state index is 0.571. The molecule has 0 bridgehead atoms. The summed E-state index contributed by atoms with van der Waals surface area (Å²) in [7, 11) is 0. The van der Waals surface area contributed by atoms with Crippen molar-refractivity contribution in [3.8, 4) is 0 Å². The fraction of sp³-hybridized carbons (Fsp3) is 0.467. The van der Waals surface area contributed by atoms with Crippen LogP contribution in [0.3, 0.4) is 0 Å². The van der Waals surface area contributed by atoms with Crippen LogP contribution in [-0.2, 0) is 13.0 Å². The number of thiazole rings is 1. The molecule has 0 aromatic carbocycles. The van der Waals surface area contributed by atoms with Crippen LogP contribution in [-0.4, -0.2) is 36.1 Å². The van der Waals surface area contributed by atoms with E-state index in [-0.39, 0.29) is 0 Å². The highest BCUT2D eigenvalue weighted by molar-refractivity contribution is 7.13. The molecule has 0 spiro atoms. The zero-order valence-corrected chi connectivity index (χ0v) is 13.1. The first-order valence-electron chi connectivity index (χ1n) is 7.39. The van der Waals surface area contributed by atoms with Gasteiger partial charge in [0.1, 0.15) is 5.82 Å². The molecule has 0 radical (unpaired) electrons. The molecule has 112 valence electrons. The number of aryl methyl sites for hydroxylation is 1. The second-order valence-corrected chi connectivity index (χ2v) is 6.04. The molecule has 2 aromatic rings. The predicted molar refractivity (Wildman–Crippen MR) is 88.0 cm³/mol. The van der Waals surface area contributed by atoms with E-state index in [0.29, 0.717) is 6.54 Å². The summed E-state index contributed by atoms with van der Waals surface area (Å²) < 4.78 is 0. The second-order valence-electron chi connectivity index (χ2n) is 5.17. The number of hydrogen-bond donors (Lipinski definition) is 1. The summed E-state index contributed by atoms with van der Waals surface area (Å²) in [6.07, 6.45) is 2.81. The third kappa shape index (κ3) is 3.16. The van der Waals surface area contributed by atoms with Gasteiger partial charge in [-0.15, -0.1) is 11.3 Å². The van der Waals surface area contributed by atoms with Gasteiger partial charge >= 0.3 is 0 Å². The van der Waals surface area contributed by atoms with Gasteiger partial charge in [0, 0.05) is 50.0 Å². The Labute approximate surface area is 129 Å². The first-order valence-corrected chi connectivity index (χ1v) is 8.27. The van der Waals surface area contributed by atoms with Crippen LogP contribution in [0.2, 0.25) is 0 Å². The van der Waals surface area contributed by atoms with Crippen molar-refractivity contribution >= 4 is 22.3 Å². The van der Waals surface area contributed by atoms with Crippen LogP contribution in [0.15, 0.2) is 23.7 Å². The van der Waals surface area contributed by atoms with E-state index >= 15 is 0 Å². The monoisotopic (exact) mass is 303 g/mol. The summed E-state index contributed by atoms with van der Waals surface area (Å²) in [5, 5.41) is 3.15. The zero-order chi connectivity index (χ0) is 14.7. The summed E-state index contributed by atoms with van der Waals surface area (Å²) in [6, 6.07) is 4.23. The number of nitrogens with two attached hydrogens (primary N) is 1. The maximum atomic E-state index is 5.80. The Morgan fingerprint density at radius 2 is 1.95 bits per heavy atom. The van der Waals surface area contributed by atoms with E-state index in [9.17, 15) is 0 Å². The van der Waals surface area contributed by atoms with Crippen molar-refractivity contribution < 1.29 is 0 Å². The molecule has 3 rings (SSSR count). The van der Waals surface area contributed by atoms with E-state index in [0.717, 1.165) is 49.2 Å². The third-order valence-electron chi connectivity index (χ3n) is 3.82. The Morgan fingerprint density at radius 1 is 1.19 bits per heavy atom. The molecule has 0 amide bonds. The maximum absolute atomic E-state index is 5.80. The average Bonchev–Trinajstić information content (AvgIpc) is 3.09. The number of piperazine rings is 1. The standard InChI is InChI=1S/C15H21N5S/c1-2-13-9-12(11-16)10-14(18-13)19-4-6-20(7-5-19)15-17-3-8-21-15/h3,8-10H,2,4-7,11,16H2,1H3. The largest absolute Gasteiger partial charge is 0.353 e. The van der Waals surface area contributed by atoms with Gasteiger partial charge in [0.05, 0.1) is 0 Å². The van der Waals surface area contributed by atoms with Crippen molar-refractivity contribution in [2.24, 2.45) is 5.73 Å². The molecule has 5 nitrogen and oxygen atoms in total. The fourth-order valence-electron chi connectivity index (χ4n) is 2.59. The van der Waals surface area contributed by atoms with Crippen LogP contribution < -0.4 is 15.5 Å². The molecule has 1 aliphatic heterocycles. The molecule has 6 heteroatoms. The highest BCUT2D eigenvalue weighted by Gasteiger charge is 2.20. The summed E-state index contributed by atoms with van der Waals surface area (Å²) in [6.45, 7) is 6.63. The van der Waals surface area contributed by atoms with Gasteiger partial charge in [-0.25, -0.2) is 9.97 Å². The van der Waals surface area contributed by atoms with E-state index in [1.807, 2.05) is 11.6 Å². The van der Waals surface area contributed by atoms with Gasteiger partial charge in [0.25, 0.3) is 0 Å². The van der Waals surface area contributed by atoms with Gasteiger partial charge in [-0.1, -0.05) is 6.92 Å². The molecule has 0 unspecified atom stereocenters. The van der Waals surface area contributed by atoms with Crippen LogP contribution in [0.1, 0.15) is 18.2 Å². The van der Waals surface area contributed by atoms with Crippen LogP contribution in [0, 0.1) is 0 Å². The van der Waals surface area contributed by atoms with Crippen LogP contribution >= 0.6 is 11.3 Å². The first-order chi connectivity index (χ1) is 10.3. The Morgan fingerprint density at radius 3 is 2.57 bits per heavy atom. The van der Waals surface area contributed by atoms with Crippen molar-refractivity contribution in [2.75, 3.05) is 36.0 Å². The number of anilines is 2. The van der Waals surface area contributed by atoms with E-state index in [1.165, 1.54) is 5.56 Å². The summed E-state index contributed by atoms with van der Waals surface area (Å²) in [5.41, 5.74) is 8.08. The van der Waals surface area contributed by atoms with Crippen LogP contribution in [0.5, 0.6) is 0 Å². The molecule has 21 heavy (non-hydrogen) atoms. The van der Waals surface area contributed by atoms with Gasteiger partial charge in [0.2, 0.25) is 0 Å². The topological polar surface area (TPSA) is 58.3 Å². The molecule has 0 aliphatic carbocycles. The van der Waals surface area contributed by atoms with Crippen molar-refractivity contribution in [1.29, 1.82) is 0 Å². The van der Waals surface area contributed by atoms with Crippen molar-refractivity contribution in [3.63, 3.8) is 0 Å². The minimum atomic E-state index is 0.571. The second kappa shape index (κ2) is 6.41. The van der Waals surface area contributed by atoms with Crippen molar-refractivity contribution in [1.82, 2.24) is 9.97 Å². The molecule has 3 heterocycles. The molecule has 0 saturated carbocycles. The lowest BCUT2D eigenvalue weighted by Gasteiger charge is -2.35. The number of hydrogen-bond acceptors (Lipinski definition) is 6. The molecule has 2 N–H and O–H groups in total. The van der Waals surface area contributed by atoms with Gasteiger partial charge in [-0.3, -0.25) is 0 Å². The summed E-state index contributed by atoms with van der Waals surface area (Å²) in [5.74, 6) is 1.06. The Balaban J connectivity index is 1.71. The Kier molecular flexibility index (Phi) is 4.36. The molecule has 1 saturated heterocycles.